The van der Waals surface area contributed by atoms with Gasteiger partial charge in [-0.25, -0.2) is 9.97 Å². The van der Waals surface area contributed by atoms with Crippen LogP contribution in [0.15, 0.2) is 12.3 Å². The number of rotatable bonds is 2. The zero-order valence-corrected chi connectivity index (χ0v) is 10.1. The smallest absolute Gasteiger partial charge is 0.180 e. The summed E-state index contributed by atoms with van der Waals surface area (Å²) in [5, 5.41) is 7.33. The van der Waals surface area contributed by atoms with Crippen LogP contribution in [0.4, 0.5) is 5.82 Å². The molecule has 5 heteroatoms. The second-order valence-corrected chi connectivity index (χ2v) is 4.26. The highest BCUT2D eigenvalue weighted by molar-refractivity contribution is 5.57. The summed E-state index contributed by atoms with van der Waals surface area (Å²) >= 11 is 0. The molecule has 1 N–H and O–H groups in total. The molecule has 88 valence electrons. The van der Waals surface area contributed by atoms with Crippen molar-refractivity contribution in [1.29, 1.82) is 0 Å². The molecule has 0 aromatic carbocycles. The average molecular weight is 229 g/mol. The number of aryl methyl sites for hydroxylation is 2. The van der Waals surface area contributed by atoms with Gasteiger partial charge in [0, 0.05) is 31.5 Å². The lowest BCUT2D eigenvalue weighted by molar-refractivity contribution is 0.769. The summed E-state index contributed by atoms with van der Waals surface area (Å²) in [6, 6.07) is 1.94. The first kappa shape index (κ1) is 10.3. The van der Waals surface area contributed by atoms with Crippen LogP contribution in [0.25, 0.3) is 11.5 Å². The Kier molecular flexibility index (Phi) is 2.31. The van der Waals surface area contributed by atoms with Gasteiger partial charge in [0.05, 0.1) is 0 Å². The van der Waals surface area contributed by atoms with E-state index < -0.39 is 0 Å². The normalized spacial score (nSPS) is 13.8. The van der Waals surface area contributed by atoms with Gasteiger partial charge in [-0.3, -0.25) is 4.68 Å². The number of hydrogen-bond acceptors (Lipinski definition) is 4. The van der Waals surface area contributed by atoms with E-state index in [1.54, 1.807) is 10.9 Å². The quantitative estimate of drug-likeness (QED) is 0.846. The van der Waals surface area contributed by atoms with E-state index in [-0.39, 0.29) is 0 Å². The van der Waals surface area contributed by atoms with E-state index >= 15 is 0 Å². The van der Waals surface area contributed by atoms with Gasteiger partial charge in [-0.05, 0) is 25.3 Å². The summed E-state index contributed by atoms with van der Waals surface area (Å²) in [6.07, 6.45) is 5.08. The first-order chi connectivity index (χ1) is 8.29. The molecule has 2 aromatic heterocycles. The molecule has 0 fully saturated rings. The molecule has 2 heterocycles. The van der Waals surface area contributed by atoms with Crippen molar-refractivity contribution >= 4 is 5.82 Å². The molecule has 1 aliphatic rings. The van der Waals surface area contributed by atoms with Gasteiger partial charge in [0.2, 0.25) is 0 Å². The van der Waals surface area contributed by atoms with Crippen LogP contribution in [0.1, 0.15) is 17.7 Å². The molecule has 0 spiro atoms. The van der Waals surface area contributed by atoms with E-state index in [1.165, 1.54) is 17.7 Å². The van der Waals surface area contributed by atoms with Gasteiger partial charge in [-0.1, -0.05) is 0 Å². The molecule has 3 rings (SSSR count). The van der Waals surface area contributed by atoms with E-state index in [9.17, 15) is 0 Å². The highest BCUT2D eigenvalue weighted by Gasteiger charge is 2.19. The Morgan fingerprint density at radius 3 is 2.88 bits per heavy atom. The van der Waals surface area contributed by atoms with Gasteiger partial charge >= 0.3 is 0 Å². The Hall–Kier alpha value is -1.91. The number of hydrogen-bond donors (Lipinski definition) is 1. The maximum atomic E-state index is 4.65. The van der Waals surface area contributed by atoms with Crippen LogP contribution in [-0.2, 0) is 19.9 Å². The molecule has 0 saturated carbocycles. The number of nitrogens with zero attached hydrogens (tertiary/aromatic N) is 4. The van der Waals surface area contributed by atoms with Crippen LogP contribution < -0.4 is 5.32 Å². The predicted molar refractivity (Wildman–Crippen MR) is 65.8 cm³/mol. The molecule has 0 aliphatic heterocycles. The first-order valence-corrected chi connectivity index (χ1v) is 5.85. The van der Waals surface area contributed by atoms with Crippen LogP contribution in [-0.4, -0.2) is 26.8 Å². The Bertz CT molecular complexity index is 558. The molecule has 17 heavy (non-hydrogen) atoms. The van der Waals surface area contributed by atoms with E-state index in [4.69, 9.17) is 0 Å². The Balaban J connectivity index is 2.16. The summed E-state index contributed by atoms with van der Waals surface area (Å²) in [4.78, 5) is 9.24. The molecule has 0 unspecified atom stereocenters. The molecule has 2 aromatic rings. The fourth-order valence-corrected chi connectivity index (χ4v) is 2.35. The van der Waals surface area contributed by atoms with E-state index in [1.807, 2.05) is 20.2 Å². The van der Waals surface area contributed by atoms with Gasteiger partial charge in [-0.15, -0.1) is 0 Å². The third-order valence-corrected chi connectivity index (χ3v) is 3.22. The zero-order valence-electron chi connectivity index (χ0n) is 10.1. The monoisotopic (exact) mass is 229 g/mol. The standard InChI is InChI=1S/C12H15N5/c1-13-11-8-4-3-5-9(8)15-12(16-11)10-6-7-14-17(10)2/h6-7H,3-5H2,1-2H3,(H,13,15,16). The minimum Gasteiger partial charge on any atom is -0.373 e. The maximum absolute atomic E-state index is 4.65. The Labute approximate surface area is 99.9 Å². The summed E-state index contributed by atoms with van der Waals surface area (Å²) < 4.78 is 1.80. The van der Waals surface area contributed by atoms with Crippen molar-refractivity contribution in [3.8, 4) is 11.5 Å². The first-order valence-electron chi connectivity index (χ1n) is 5.85. The average Bonchev–Trinajstić information content (AvgIpc) is 2.95. The Morgan fingerprint density at radius 2 is 2.18 bits per heavy atom. The van der Waals surface area contributed by atoms with Crippen LogP contribution in [0, 0.1) is 0 Å². The highest BCUT2D eigenvalue weighted by Crippen LogP contribution is 2.28. The zero-order chi connectivity index (χ0) is 11.8. The van der Waals surface area contributed by atoms with Crippen molar-refractivity contribution in [2.45, 2.75) is 19.3 Å². The molecule has 0 bridgehead atoms. The van der Waals surface area contributed by atoms with Gasteiger partial charge in [0.25, 0.3) is 0 Å². The van der Waals surface area contributed by atoms with E-state index in [2.05, 4.69) is 20.4 Å². The minimum atomic E-state index is 0.759. The highest BCUT2D eigenvalue weighted by atomic mass is 15.3. The molecule has 0 amide bonds. The third kappa shape index (κ3) is 1.58. The van der Waals surface area contributed by atoms with Gasteiger partial charge in [0.15, 0.2) is 5.82 Å². The fourth-order valence-electron chi connectivity index (χ4n) is 2.35. The molecule has 5 nitrogen and oxygen atoms in total. The summed E-state index contributed by atoms with van der Waals surface area (Å²) in [5.74, 6) is 1.72. The summed E-state index contributed by atoms with van der Waals surface area (Å²) in [6.45, 7) is 0. The molecule has 0 saturated heterocycles. The molecular formula is C12H15N5. The maximum Gasteiger partial charge on any atom is 0.180 e. The van der Waals surface area contributed by atoms with Gasteiger partial charge in [0.1, 0.15) is 11.5 Å². The molecule has 0 atom stereocenters. The molecule has 1 aliphatic carbocycles. The summed E-state index contributed by atoms with van der Waals surface area (Å²) in [5.41, 5.74) is 3.41. The van der Waals surface area contributed by atoms with Crippen LogP contribution >= 0.6 is 0 Å². The van der Waals surface area contributed by atoms with Crippen molar-refractivity contribution in [2.24, 2.45) is 7.05 Å². The van der Waals surface area contributed by atoms with Crippen molar-refractivity contribution in [2.75, 3.05) is 12.4 Å². The van der Waals surface area contributed by atoms with Crippen molar-refractivity contribution in [3.05, 3.63) is 23.5 Å². The van der Waals surface area contributed by atoms with Crippen LogP contribution in [0.3, 0.4) is 0 Å². The number of nitrogens with one attached hydrogen (secondary N) is 1. The van der Waals surface area contributed by atoms with Crippen molar-refractivity contribution in [3.63, 3.8) is 0 Å². The lowest BCUT2D eigenvalue weighted by atomic mass is 10.2. The Morgan fingerprint density at radius 1 is 1.29 bits per heavy atom. The largest absolute Gasteiger partial charge is 0.373 e. The molecular weight excluding hydrogens is 214 g/mol. The minimum absolute atomic E-state index is 0.759. The van der Waals surface area contributed by atoms with E-state index in [0.717, 1.165) is 30.2 Å². The second-order valence-electron chi connectivity index (χ2n) is 4.26. The number of fused-ring (bicyclic) bond motifs is 1. The predicted octanol–water partition coefficient (Wildman–Crippen LogP) is 1.41. The van der Waals surface area contributed by atoms with E-state index in [0.29, 0.717) is 0 Å². The molecule has 0 radical (unpaired) electrons. The third-order valence-electron chi connectivity index (χ3n) is 3.22. The van der Waals surface area contributed by atoms with Crippen LogP contribution in [0.5, 0.6) is 0 Å². The lowest BCUT2D eigenvalue weighted by Gasteiger charge is -2.09. The van der Waals surface area contributed by atoms with Crippen molar-refractivity contribution in [1.82, 2.24) is 19.7 Å². The second kappa shape index (κ2) is 3.84. The van der Waals surface area contributed by atoms with Gasteiger partial charge in [-0.2, -0.15) is 5.10 Å². The lowest BCUT2D eigenvalue weighted by Crippen LogP contribution is -2.05. The number of anilines is 1. The van der Waals surface area contributed by atoms with Crippen LogP contribution in [0.2, 0.25) is 0 Å². The van der Waals surface area contributed by atoms with Gasteiger partial charge < -0.3 is 5.32 Å². The topological polar surface area (TPSA) is 55.6 Å². The SMILES string of the molecule is CNc1nc(-c2ccnn2C)nc2c1CCC2. The summed E-state index contributed by atoms with van der Waals surface area (Å²) in [7, 11) is 3.82. The fraction of sp³-hybridized carbons (Fsp3) is 0.417. The van der Waals surface area contributed by atoms with Crippen molar-refractivity contribution < 1.29 is 0 Å². The number of aromatic nitrogens is 4.